The average molecular weight is 206 g/mol. The largest absolute Gasteiger partial charge is 0.394 e. The summed E-state index contributed by atoms with van der Waals surface area (Å²) in [6.07, 6.45) is 0. The fourth-order valence-corrected chi connectivity index (χ4v) is 0.257. The zero-order valence-corrected chi connectivity index (χ0v) is 8.43. The van der Waals surface area contributed by atoms with Gasteiger partial charge in [0.05, 0.1) is 25.3 Å². The quantitative estimate of drug-likeness (QED) is 0.413. The molecule has 0 saturated heterocycles. The standard InChI is InChI=1S/2C4H9NO2/c2*1-3(7)4(5)2-6/h2*4,6H,2,5H2,1H3/t2*4-/m00/s1. The maximum atomic E-state index is 10.1. The van der Waals surface area contributed by atoms with Gasteiger partial charge < -0.3 is 21.7 Å². The molecule has 0 aliphatic heterocycles. The molecule has 0 bridgehead atoms. The first kappa shape index (κ1) is 15.6. The van der Waals surface area contributed by atoms with Crippen molar-refractivity contribution in [2.24, 2.45) is 11.5 Å². The second-order valence-corrected chi connectivity index (χ2v) is 2.80. The van der Waals surface area contributed by atoms with Gasteiger partial charge in [0, 0.05) is 0 Å². The molecule has 6 N–H and O–H groups in total. The van der Waals surface area contributed by atoms with Gasteiger partial charge in [0.25, 0.3) is 0 Å². The fourth-order valence-electron chi connectivity index (χ4n) is 0.257. The van der Waals surface area contributed by atoms with Crippen molar-refractivity contribution in [1.82, 2.24) is 0 Å². The molecule has 0 unspecified atom stereocenters. The normalized spacial score (nSPS) is 13.6. The minimum absolute atomic E-state index is 0.178. The van der Waals surface area contributed by atoms with E-state index in [1.165, 1.54) is 13.8 Å². The molecule has 2 atom stereocenters. The second kappa shape index (κ2) is 8.76. The van der Waals surface area contributed by atoms with Crippen molar-refractivity contribution < 1.29 is 19.8 Å². The Balaban J connectivity index is 0. The van der Waals surface area contributed by atoms with Crippen LogP contribution in [0.1, 0.15) is 13.8 Å². The lowest BCUT2D eigenvalue weighted by Crippen LogP contribution is -2.31. The van der Waals surface area contributed by atoms with E-state index in [2.05, 4.69) is 0 Å². The third-order valence-electron chi connectivity index (χ3n) is 1.44. The molecule has 6 heteroatoms. The van der Waals surface area contributed by atoms with Crippen LogP contribution in [0.3, 0.4) is 0 Å². The Hall–Kier alpha value is -0.820. The molecule has 0 aliphatic rings. The number of hydrogen-bond donors (Lipinski definition) is 4. The molecule has 84 valence electrons. The highest BCUT2D eigenvalue weighted by atomic mass is 16.3. The molecule has 0 radical (unpaired) electrons. The van der Waals surface area contributed by atoms with Crippen LogP contribution in [0.25, 0.3) is 0 Å². The molecule has 0 amide bonds. The average Bonchev–Trinajstić information content (AvgIpc) is 2.15. The number of carbonyl (C=O) groups is 2. The first-order valence-electron chi connectivity index (χ1n) is 4.10. The molecular weight excluding hydrogens is 188 g/mol. The summed E-state index contributed by atoms with van der Waals surface area (Å²) in [5.41, 5.74) is 10.0. The SMILES string of the molecule is CC(=O)[C@@H](N)CO.CC(=O)[C@@H](N)CO. The lowest BCUT2D eigenvalue weighted by atomic mass is 10.2. The minimum atomic E-state index is -0.681. The predicted octanol–water partition coefficient (Wildman–Crippen LogP) is -2.21. The van der Waals surface area contributed by atoms with Crippen molar-refractivity contribution in [3.63, 3.8) is 0 Å². The molecule has 6 nitrogen and oxygen atoms in total. The van der Waals surface area contributed by atoms with E-state index >= 15 is 0 Å². The van der Waals surface area contributed by atoms with Crippen molar-refractivity contribution >= 4 is 11.6 Å². The van der Waals surface area contributed by atoms with Crippen LogP contribution in [-0.4, -0.2) is 47.1 Å². The van der Waals surface area contributed by atoms with Gasteiger partial charge in [-0.15, -0.1) is 0 Å². The summed E-state index contributed by atoms with van der Waals surface area (Å²) in [4.78, 5) is 20.2. The Morgan fingerprint density at radius 2 is 1.21 bits per heavy atom. The zero-order chi connectivity index (χ0) is 11.7. The zero-order valence-electron chi connectivity index (χ0n) is 8.43. The number of aliphatic hydroxyl groups excluding tert-OH is 2. The maximum Gasteiger partial charge on any atom is 0.148 e. The number of nitrogens with two attached hydrogens (primary N) is 2. The van der Waals surface area contributed by atoms with Gasteiger partial charge in [-0.3, -0.25) is 9.59 Å². The summed E-state index contributed by atoms with van der Waals surface area (Å²) >= 11 is 0. The molecule has 14 heavy (non-hydrogen) atoms. The van der Waals surface area contributed by atoms with E-state index in [-0.39, 0.29) is 24.8 Å². The fraction of sp³-hybridized carbons (Fsp3) is 0.750. The van der Waals surface area contributed by atoms with Crippen LogP contribution in [0.5, 0.6) is 0 Å². The number of rotatable bonds is 4. The highest BCUT2D eigenvalue weighted by Crippen LogP contribution is 1.75. The van der Waals surface area contributed by atoms with Gasteiger partial charge in [0.2, 0.25) is 0 Å². The number of aliphatic hydroxyl groups is 2. The van der Waals surface area contributed by atoms with Crippen LogP contribution in [0.2, 0.25) is 0 Å². The number of hydrogen-bond acceptors (Lipinski definition) is 6. The Morgan fingerprint density at radius 1 is 1.00 bits per heavy atom. The molecule has 0 aromatic rings. The van der Waals surface area contributed by atoms with E-state index in [0.717, 1.165) is 0 Å². The van der Waals surface area contributed by atoms with E-state index in [4.69, 9.17) is 21.7 Å². The molecule has 0 fully saturated rings. The van der Waals surface area contributed by atoms with Crippen LogP contribution >= 0.6 is 0 Å². The molecule has 0 aliphatic carbocycles. The highest BCUT2D eigenvalue weighted by molar-refractivity contribution is 5.81. The van der Waals surface area contributed by atoms with Crippen LogP contribution in [0.4, 0.5) is 0 Å². The van der Waals surface area contributed by atoms with Gasteiger partial charge in [-0.2, -0.15) is 0 Å². The summed E-state index contributed by atoms with van der Waals surface area (Å²) in [7, 11) is 0. The molecule has 0 aromatic carbocycles. The Labute approximate surface area is 82.9 Å². The van der Waals surface area contributed by atoms with Gasteiger partial charge in [-0.1, -0.05) is 0 Å². The molecule has 0 heterocycles. The number of ketones is 2. The Morgan fingerprint density at radius 3 is 1.21 bits per heavy atom. The molecular formula is C8H18N2O4. The van der Waals surface area contributed by atoms with Crippen LogP contribution in [0, 0.1) is 0 Å². The van der Waals surface area contributed by atoms with Gasteiger partial charge >= 0.3 is 0 Å². The van der Waals surface area contributed by atoms with E-state index in [0.29, 0.717) is 0 Å². The molecule has 0 rings (SSSR count). The monoisotopic (exact) mass is 206 g/mol. The van der Waals surface area contributed by atoms with E-state index < -0.39 is 12.1 Å². The van der Waals surface area contributed by atoms with Gasteiger partial charge in [-0.05, 0) is 13.8 Å². The van der Waals surface area contributed by atoms with E-state index in [1.807, 2.05) is 0 Å². The minimum Gasteiger partial charge on any atom is -0.394 e. The van der Waals surface area contributed by atoms with Crippen LogP contribution in [0.15, 0.2) is 0 Å². The lowest BCUT2D eigenvalue weighted by Gasteiger charge is -1.98. The molecule has 0 aromatic heterocycles. The molecule has 0 spiro atoms. The summed E-state index contributed by atoms with van der Waals surface area (Å²) in [5.74, 6) is -0.356. The number of Topliss-reactive ketones (excluding diaryl/α,β-unsaturated/α-hetero) is 2. The van der Waals surface area contributed by atoms with Gasteiger partial charge in [0.1, 0.15) is 11.6 Å². The van der Waals surface area contributed by atoms with Gasteiger partial charge in [-0.25, -0.2) is 0 Å². The maximum absolute atomic E-state index is 10.1. The van der Waals surface area contributed by atoms with E-state index in [1.54, 1.807) is 0 Å². The predicted molar refractivity (Wildman–Crippen MR) is 51.5 cm³/mol. The third-order valence-corrected chi connectivity index (χ3v) is 1.44. The summed E-state index contributed by atoms with van der Waals surface area (Å²) in [6, 6.07) is -1.36. The second-order valence-electron chi connectivity index (χ2n) is 2.80. The topological polar surface area (TPSA) is 127 Å². The Bertz CT molecular complexity index is 164. The summed E-state index contributed by atoms with van der Waals surface area (Å²) in [5, 5.41) is 16.3. The molecule has 0 saturated carbocycles. The summed E-state index contributed by atoms with van der Waals surface area (Å²) in [6.45, 7) is 2.19. The lowest BCUT2D eigenvalue weighted by molar-refractivity contribution is -0.119. The van der Waals surface area contributed by atoms with E-state index in [9.17, 15) is 9.59 Å². The van der Waals surface area contributed by atoms with Crippen LogP contribution < -0.4 is 11.5 Å². The van der Waals surface area contributed by atoms with Crippen molar-refractivity contribution in [1.29, 1.82) is 0 Å². The Kier molecular flexibility index (Phi) is 9.79. The summed E-state index contributed by atoms with van der Waals surface area (Å²) < 4.78 is 0. The van der Waals surface area contributed by atoms with Crippen molar-refractivity contribution in [3.05, 3.63) is 0 Å². The van der Waals surface area contributed by atoms with Crippen molar-refractivity contribution in [2.75, 3.05) is 13.2 Å². The number of carbonyl (C=O) groups excluding carboxylic acids is 2. The highest BCUT2D eigenvalue weighted by Gasteiger charge is 2.03. The van der Waals surface area contributed by atoms with Crippen molar-refractivity contribution in [2.45, 2.75) is 25.9 Å². The third kappa shape index (κ3) is 9.27. The van der Waals surface area contributed by atoms with Crippen LogP contribution in [-0.2, 0) is 9.59 Å². The van der Waals surface area contributed by atoms with Gasteiger partial charge in [0.15, 0.2) is 0 Å². The smallest absolute Gasteiger partial charge is 0.148 e. The van der Waals surface area contributed by atoms with Crippen molar-refractivity contribution in [3.8, 4) is 0 Å². The first-order chi connectivity index (χ1) is 6.36. The first-order valence-corrected chi connectivity index (χ1v) is 4.10.